The molecule has 5 rings (SSSR count). The molecule has 1 aliphatic heterocycles. The Labute approximate surface area is 215 Å². The van der Waals surface area contributed by atoms with E-state index in [-0.39, 0.29) is 33.4 Å². The SMILES string of the molecule is COc1ccc(N2C(=O)/C(=C(\C)c3cc4ccccc4oc3=O)N=C2c2cc([N+](=O)[O-])ccc2Cl)cc1. The third-order valence-electron chi connectivity index (χ3n) is 5.97. The van der Waals surface area contributed by atoms with Crippen LogP contribution in [0, 0.1) is 10.1 Å². The van der Waals surface area contributed by atoms with Crippen molar-refractivity contribution in [1.82, 2.24) is 0 Å². The van der Waals surface area contributed by atoms with Gasteiger partial charge < -0.3 is 9.15 Å². The smallest absolute Gasteiger partial charge is 0.343 e. The molecule has 0 atom stereocenters. The zero-order chi connectivity index (χ0) is 26.3. The molecule has 0 fully saturated rings. The van der Waals surface area contributed by atoms with Gasteiger partial charge in [0.15, 0.2) is 0 Å². The maximum absolute atomic E-state index is 13.8. The topological polar surface area (TPSA) is 115 Å². The fraction of sp³-hybridized carbons (Fsp3) is 0.0741. The lowest BCUT2D eigenvalue weighted by Crippen LogP contribution is -2.33. The number of nitro benzene ring substituents is 1. The number of rotatable bonds is 5. The summed E-state index contributed by atoms with van der Waals surface area (Å²) < 4.78 is 10.7. The van der Waals surface area contributed by atoms with Crippen LogP contribution in [0.25, 0.3) is 16.5 Å². The van der Waals surface area contributed by atoms with Crippen molar-refractivity contribution in [2.45, 2.75) is 6.92 Å². The highest BCUT2D eigenvalue weighted by atomic mass is 35.5. The number of anilines is 1. The van der Waals surface area contributed by atoms with Gasteiger partial charge in [0.05, 0.1) is 28.3 Å². The van der Waals surface area contributed by atoms with Gasteiger partial charge in [-0.05, 0) is 55.0 Å². The average molecular weight is 516 g/mol. The molecule has 1 aliphatic rings. The van der Waals surface area contributed by atoms with Crippen LogP contribution in [0.15, 0.2) is 92.7 Å². The van der Waals surface area contributed by atoms with Crippen molar-refractivity contribution in [1.29, 1.82) is 0 Å². The minimum Gasteiger partial charge on any atom is -0.497 e. The second-order valence-electron chi connectivity index (χ2n) is 8.15. The van der Waals surface area contributed by atoms with E-state index < -0.39 is 16.5 Å². The Bertz CT molecular complexity index is 1710. The number of methoxy groups -OCH3 is 1. The summed E-state index contributed by atoms with van der Waals surface area (Å²) >= 11 is 6.42. The predicted octanol–water partition coefficient (Wildman–Crippen LogP) is 5.59. The van der Waals surface area contributed by atoms with Crippen molar-refractivity contribution < 1.29 is 18.9 Å². The number of carbonyl (C=O) groups is 1. The van der Waals surface area contributed by atoms with E-state index in [9.17, 15) is 19.7 Å². The molecule has 37 heavy (non-hydrogen) atoms. The van der Waals surface area contributed by atoms with Crippen LogP contribution in [0.1, 0.15) is 18.1 Å². The van der Waals surface area contributed by atoms with Crippen molar-refractivity contribution in [3.05, 3.63) is 115 Å². The molecule has 0 aliphatic carbocycles. The third-order valence-corrected chi connectivity index (χ3v) is 6.30. The number of hydrogen-bond acceptors (Lipinski definition) is 7. The van der Waals surface area contributed by atoms with Crippen molar-refractivity contribution in [2.24, 2.45) is 4.99 Å². The highest BCUT2D eigenvalue weighted by Gasteiger charge is 2.36. The Morgan fingerprint density at radius 3 is 2.49 bits per heavy atom. The van der Waals surface area contributed by atoms with Gasteiger partial charge in [0.1, 0.15) is 22.9 Å². The summed E-state index contributed by atoms with van der Waals surface area (Å²) in [4.78, 5) is 43.3. The Hall–Kier alpha value is -4.76. The summed E-state index contributed by atoms with van der Waals surface area (Å²) in [6.45, 7) is 1.60. The first-order valence-corrected chi connectivity index (χ1v) is 11.4. The number of amides is 1. The van der Waals surface area contributed by atoms with Crippen LogP contribution in [0.4, 0.5) is 11.4 Å². The molecule has 0 N–H and O–H groups in total. The minimum atomic E-state index is -0.621. The molecule has 0 unspecified atom stereocenters. The summed E-state index contributed by atoms with van der Waals surface area (Å²) in [5.41, 5.74) is 0.647. The fourth-order valence-corrected chi connectivity index (χ4v) is 4.25. The summed E-state index contributed by atoms with van der Waals surface area (Å²) in [5, 5.41) is 12.3. The molecule has 3 aromatic carbocycles. The lowest BCUT2D eigenvalue weighted by atomic mass is 10.1. The molecule has 1 amide bonds. The van der Waals surface area contributed by atoms with Gasteiger partial charge in [-0.1, -0.05) is 29.8 Å². The molecular formula is C27H18ClN3O6. The Kier molecular flexibility index (Phi) is 6.06. The summed E-state index contributed by atoms with van der Waals surface area (Å²) in [7, 11) is 1.52. The third kappa shape index (κ3) is 4.25. The van der Waals surface area contributed by atoms with Gasteiger partial charge in [-0.15, -0.1) is 0 Å². The number of hydrogen-bond donors (Lipinski definition) is 0. The van der Waals surface area contributed by atoms with E-state index in [4.69, 9.17) is 20.8 Å². The normalized spacial score (nSPS) is 14.6. The molecule has 4 aromatic rings. The van der Waals surface area contributed by atoms with E-state index in [2.05, 4.69) is 4.99 Å². The number of ether oxygens (including phenoxy) is 1. The number of fused-ring (bicyclic) bond motifs is 1. The number of carbonyl (C=O) groups excluding carboxylic acids is 1. The second kappa shape index (κ2) is 9.36. The van der Waals surface area contributed by atoms with Gasteiger partial charge in [0.25, 0.3) is 11.6 Å². The quantitative estimate of drug-likeness (QED) is 0.148. The number of nitrogens with zero attached hydrogens (tertiary/aromatic N) is 3. The number of aliphatic imine (C=N–C) groups is 1. The van der Waals surface area contributed by atoms with Crippen molar-refractivity contribution in [3.8, 4) is 5.75 Å². The molecule has 0 spiro atoms. The molecule has 0 saturated carbocycles. The van der Waals surface area contributed by atoms with Crippen LogP contribution in [0.5, 0.6) is 5.75 Å². The van der Waals surface area contributed by atoms with Crippen molar-refractivity contribution >= 4 is 51.3 Å². The first-order valence-electron chi connectivity index (χ1n) is 11.0. The largest absolute Gasteiger partial charge is 0.497 e. The van der Waals surface area contributed by atoms with Gasteiger partial charge >= 0.3 is 5.63 Å². The van der Waals surface area contributed by atoms with Crippen LogP contribution in [-0.2, 0) is 4.79 Å². The molecule has 1 aromatic heterocycles. The Morgan fingerprint density at radius 1 is 1.05 bits per heavy atom. The number of nitro groups is 1. The number of allylic oxidation sites excluding steroid dienone is 1. The number of amidine groups is 1. The van der Waals surface area contributed by atoms with Gasteiger partial charge in [0, 0.05) is 23.1 Å². The van der Waals surface area contributed by atoms with Crippen LogP contribution < -0.4 is 15.3 Å². The highest BCUT2D eigenvalue weighted by Crippen LogP contribution is 2.34. The lowest BCUT2D eigenvalue weighted by Gasteiger charge is -2.19. The van der Waals surface area contributed by atoms with E-state index in [1.54, 1.807) is 61.5 Å². The molecule has 10 heteroatoms. The molecule has 0 saturated heterocycles. The number of benzene rings is 3. The van der Waals surface area contributed by atoms with Gasteiger partial charge in [-0.2, -0.15) is 0 Å². The summed E-state index contributed by atoms with van der Waals surface area (Å²) in [5.74, 6) is 0.124. The van der Waals surface area contributed by atoms with Crippen LogP contribution in [0.2, 0.25) is 5.02 Å². The summed E-state index contributed by atoms with van der Waals surface area (Å²) in [6.07, 6.45) is 0. The van der Waals surface area contributed by atoms with Crippen LogP contribution in [-0.4, -0.2) is 23.8 Å². The Morgan fingerprint density at radius 2 is 1.78 bits per heavy atom. The van der Waals surface area contributed by atoms with Crippen molar-refractivity contribution in [2.75, 3.05) is 12.0 Å². The average Bonchev–Trinajstić information content (AvgIpc) is 3.24. The van der Waals surface area contributed by atoms with E-state index in [1.165, 1.54) is 30.2 Å². The zero-order valence-corrected chi connectivity index (χ0v) is 20.4. The van der Waals surface area contributed by atoms with Gasteiger partial charge in [-0.3, -0.25) is 19.8 Å². The maximum Gasteiger partial charge on any atom is 0.343 e. The van der Waals surface area contributed by atoms with Crippen LogP contribution >= 0.6 is 11.6 Å². The van der Waals surface area contributed by atoms with E-state index in [0.29, 0.717) is 28.0 Å². The lowest BCUT2D eigenvalue weighted by molar-refractivity contribution is -0.384. The highest BCUT2D eigenvalue weighted by molar-refractivity contribution is 6.40. The molecule has 0 bridgehead atoms. The monoisotopic (exact) mass is 515 g/mol. The van der Waals surface area contributed by atoms with Crippen LogP contribution in [0.3, 0.4) is 0 Å². The van der Waals surface area contributed by atoms with Gasteiger partial charge in [-0.25, -0.2) is 9.79 Å². The Balaban J connectivity index is 1.73. The second-order valence-corrected chi connectivity index (χ2v) is 8.56. The van der Waals surface area contributed by atoms with Crippen molar-refractivity contribution in [3.63, 3.8) is 0 Å². The summed E-state index contributed by atoms with van der Waals surface area (Å²) in [6, 6.07) is 19.2. The number of halogens is 1. The molecule has 0 radical (unpaired) electrons. The standard InChI is InChI=1S/C27H18ClN3O6/c1-15(20-13-16-5-3-4-6-23(16)37-27(20)33)24-26(32)30(17-7-10-19(36-2)11-8-17)25(29-24)21-14-18(31(34)35)9-12-22(21)28/h3-14H,1-2H3/b24-15-. The predicted molar refractivity (Wildman–Crippen MR) is 140 cm³/mol. The van der Waals surface area contributed by atoms with Gasteiger partial charge in [0.2, 0.25) is 0 Å². The van der Waals surface area contributed by atoms with E-state index in [0.717, 1.165) is 0 Å². The first kappa shape index (κ1) is 24.0. The molecule has 9 nitrogen and oxygen atoms in total. The minimum absolute atomic E-state index is 0.0176. The fourth-order valence-electron chi connectivity index (χ4n) is 4.05. The molecule has 2 heterocycles. The zero-order valence-electron chi connectivity index (χ0n) is 19.6. The first-order chi connectivity index (χ1) is 17.8. The number of non-ortho nitro benzene ring substituents is 1. The molecule has 184 valence electrons. The van der Waals surface area contributed by atoms with E-state index in [1.807, 2.05) is 0 Å². The maximum atomic E-state index is 13.8. The number of para-hydroxylation sites is 1. The van der Waals surface area contributed by atoms with E-state index >= 15 is 0 Å². The molecular weight excluding hydrogens is 498 g/mol.